The molecule has 6 nitrogen and oxygen atoms in total. The van der Waals surface area contributed by atoms with E-state index in [4.69, 9.17) is 9.84 Å². The second-order valence-corrected chi connectivity index (χ2v) is 9.69. The van der Waals surface area contributed by atoms with E-state index in [1.54, 1.807) is 17.0 Å². The van der Waals surface area contributed by atoms with Crippen LogP contribution in [0.25, 0.3) is 0 Å². The number of amides is 1. The maximum Gasteiger partial charge on any atom is 0.414 e. The van der Waals surface area contributed by atoms with Crippen LogP contribution in [0.2, 0.25) is 0 Å². The maximum atomic E-state index is 14.5. The molecule has 2 fully saturated rings. The van der Waals surface area contributed by atoms with Crippen molar-refractivity contribution in [2.45, 2.75) is 69.7 Å². The van der Waals surface area contributed by atoms with E-state index in [-0.39, 0.29) is 36.8 Å². The number of carbonyl (C=O) groups excluding carboxylic acids is 1. The fraction of sp³-hybridized carbons (Fsp3) is 0.481. The molecule has 0 aromatic heterocycles. The van der Waals surface area contributed by atoms with Crippen LogP contribution in [0, 0.1) is 11.7 Å². The first kappa shape index (κ1) is 22.8. The second-order valence-electron chi connectivity index (χ2n) is 9.69. The molecule has 2 saturated carbocycles. The summed E-state index contributed by atoms with van der Waals surface area (Å²) in [4.78, 5) is 28.6. The minimum Gasteiger partial charge on any atom is -0.481 e. The lowest BCUT2D eigenvalue weighted by Gasteiger charge is -2.47. The lowest BCUT2D eigenvalue weighted by Crippen LogP contribution is -2.52. The van der Waals surface area contributed by atoms with Gasteiger partial charge in [-0.05, 0) is 73.9 Å². The molecule has 34 heavy (non-hydrogen) atoms. The molecule has 3 atom stereocenters. The first-order chi connectivity index (χ1) is 16.5. The average Bonchev–Trinajstić information content (AvgIpc) is 3.56. The van der Waals surface area contributed by atoms with Gasteiger partial charge in [0.05, 0.1) is 5.69 Å². The molecule has 1 aliphatic heterocycles. The van der Waals surface area contributed by atoms with E-state index in [0.29, 0.717) is 19.0 Å². The van der Waals surface area contributed by atoms with Crippen LogP contribution in [0.1, 0.15) is 62.1 Å². The highest BCUT2D eigenvalue weighted by Crippen LogP contribution is 2.52. The number of rotatable bonds is 8. The zero-order valence-electron chi connectivity index (χ0n) is 19.2. The summed E-state index contributed by atoms with van der Waals surface area (Å²) in [7, 11) is 0. The van der Waals surface area contributed by atoms with Crippen molar-refractivity contribution in [3.8, 4) is 0 Å². The minimum absolute atomic E-state index is 0.00745. The van der Waals surface area contributed by atoms with Gasteiger partial charge in [0.15, 0.2) is 0 Å². The van der Waals surface area contributed by atoms with E-state index in [1.165, 1.54) is 6.07 Å². The van der Waals surface area contributed by atoms with E-state index in [2.05, 4.69) is 4.90 Å². The number of anilines is 1. The molecule has 0 radical (unpaired) electrons. The number of hydrogen-bond donors (Lipinski definition) is 1. The van der Waals surface area contributed by atoms with Crippen molar-refractivity contribution in [3.63, 3.8) is 0 Å². The summed E-state index contributed by atoms with van der Waals surface area (Å²) >= 11 is 0. The molecule has 0 unspecified atom stereocenters. The Balaban J connectivity index is 1.45. The van der Waals surface area contributed by atoms with Crippen molar-refractivity contribution in [2.24, 2.45) is 5.92 Å². The molecule has 1 N–H and O–H groups in total. The molecule has 7 heteroatoms. The topological polar surface area (TPSA) is 70.1 Å². The van der Waals surface area contributed by atoms with E-state index < -0.39 is 12.1 Å². The molecule has 0 spiro atoms. The van der Waals surface area contributed by atoms with Crippen LogP contribution < -0.4 is 4.90 Å². The van der Waals surface area contributed by atoms with Gasteiger partial charge in [-0.2, -0.15) is 0 Å². The van der Waals surface area contributed by atoms with Crippen molar-refractivity contribution in [1.29, 1.82) is 0 Å². The van der Waals surface area contributed by atoms with Gasteiger partial charge in [-0.25, -0.2) is 9.18 Å². The summed E-state index contributed by atoms with van der Waals surface area (Å²) in [6.07, 6.45) is 5.28. The Labute approximate surface area is 199 Å². The average molecular weight is 467 g/mol. The quantitative estimate of drug-likeness (QED) is 0.555. The first-order valence-electron chi connectivity index (χ1n) is 12.3. The van der Waals surface area contributed by atoms with Crippen LogP contribution in [-0.2, 0) is 16.1 Å². The Morgan fingerprint density at radius 2 is 1.88 bits per heavy atom. The number of carbonyl (C=O) groups is 2. The van der Waals surface area contributed by atoms with Crippen LogP contribution in [0.4, 0.5) is 14.9 Å². The Morgan fingerprint density at radius 3 is 2.62 bits per heavy atom. The van der Waals surface area contributed by atoms with Crippen LogP contribution >= 0.6 is 0 Å². The highest BCUT2D eigenvalue weighted by Gasteiger charge is 2.50. The summed E-state index contributed by atoms with van der Waals surface area (Å²) in [6.45, 7) is 0.857. The van der Waals surface area contributed by atoms with Gasteiger partial charge in [0.1, 0.15) is 12.4 Å². The highest BCUT2D eigenvalue weighted by molar-refractivity contribution is 5.90. The summed E-state index contributed by atoms with van der Waals surface area (Å²) in [5.41, 5.74) is 2.46. The summed E-state index contributed by atoms with van der Waals surface area (Å²) in [5, 5.41) is 9.14. The van der Waals surface area contributed by atoms with Crippen LogP contribution in [0.5, 0.6) is 0 Å². The third-order valence-corrected chi connectivity index (χ3v) is 7.42. The van der Waals surface area contributed by atoms with Gasteiger partial charge < -0.3 is 9.84 Å². The van der Waals surface area contributed by atoms with E-state index in [1.807, 2.05) is 30.3 Å². The van der Waals surface area contributed by atoms with Crippen molar-refractivity contribution in [1.82, 2.24) is 4.90 Å². The summed E-state index contributed by atoms with van der Waals surface area (Å²) < 4.78 is 20.2. The number of aliphatic carboxylic acids is 1. The maximum absolute atomic E-state index is 14.5. The molecule has 2 aromatic carbocycles. The predicted octanol–water partition coefficient (Wildman–Crippen LogP) is 5.52. The third-order valence-electron chi connectivity index (χ3n) is 7.42. The lowest BCUT2D eigenvalue weighted by molar-refractivity contribution is -0.137. The van der Waals surface area contributed by atoms with E-state index in [0.717, 1.165) is 48.9 Å². The number of halogens is 1. The largest absolute Gasteiger partial charge is 0.481 e. The molecular formula is C27H31FN2O4. The number of hydrogen-bond acceptors (Lipinski definition) is 4. The smallest absolute Gasteiger partial charge is 0.414 e. The number of carboxylic acid groups (broad SMARTS) is 1. The van der Waals surface area contributed by atoms with Crippen molar-refractivity contribution < 1.29 is 23.8 Å². The third kappa shape index (κ3) is 4.67. The molecule has 2 aliphatic carbocycles. The van der Waals surface area contributed by atoms with Gasteiger partial charge in [-0.15, -0.1) is 0 Å². The fourth-order valence-electron chi connectivity index (χ4n) is 5.86. The lowest BCUT2D eigenvalue weighted by atomic mass is 9.81. The van der Waals surface area contributed by atoms with Gasteiger partial charge >= 0.3 is 12.1 Å². The Hall–Kier alpha value is -2.93. The highest BCUT2D eigenvalue weighted by atomic mass is 19.1. The number of nitrogens with zero attached hydrogens (tertiary/aromatic N) is 2. The molecule has 5 rings (SSSR count). The number of carboxylic acids is 1. The van der Waals surface area contributed by atoms with Gasteiger partial charge in [-0.3, -0.25) is 14.6 Å². The van der Waals surface area contributed by atoms with E-state index >= 15 is 0 Å². The summed E-state index contributed by atoms with van der Waals surface area (Å²) in [5.74, 6) is -0.944. The van der Waals surface area contributed by atoms with Crippen molar-refractivity contribution in [3.05, 3.63) is 65.5 Å². The Morgan fingerprint density at radius 1 is 1.09 bits per heavy atom. The van der Waals surface area contributed by atoms with Crippen molar-refractivity contribution >= 4 is 17.7 Å². The fourth-order valence-corrected chi connectivity index (χ4v) is 5.86. The molecule has 3 aliphatic rings. The molecule has 180 valence electrons. The number of ether oxygens (including phenoxy) is 1. The zero-order chi connectivity index (χ0) is 23.7. The molecular weight excluding hydrogens is 435 g/mol. The number of benzene rings is 2. The van der Waals surface area contributed by atoms with Crippen LogP contribution in [-0.4, -0.2) is 40.7 Å². The van der Waals surface area contributed by atoms with Gasteiger partial charge in [0.25, 0.3) is 0 Å². The SMILES string of the molecule is O=C(O)CCCN(C1CC1)[C@H]1c2cc(F)ccc2N(C(=O)OCc2ccccc2)[C@H]2CCC[C@H]21. The van der Waals surface area contributed by atoms with Crippen LogP contribution in [0.3, 0.4) is 0 Å². The number of fused-ring (bicyclic) bond motifs is 2. The summed E-state index contributed by atoms with van der Waals surface area (Å²) in [6, 6.07) is 14.7. The zero-order valence-corrected chi connectivity index (χ0v) is 19.2. The second kappa shape index (κ2) is 9.74. The Kier molecular flexibility index (Phi) is 6.55. The first-order valence-corrected chi connectivity index (χ1v) is 12.3. The van der Waals surface area contributed by atoms with Gasteiger partial charge in [0, 0.05) is 24.5 Å². The minimum atomic E-state index is -0.795. The monoisotopic (exact) mass is 466 g/mol. The molecule has 0 bridgehead atoms. The van der Waals surface area contributed by atoms with E-state index in [9.17, 15) is 14.0 Å². The molecule has 0 saturated heterocycles. The van der Waals surface area contributed by atoms with Gasteiger partial charge in [-0.1, -0.05) is 36.8 Å². The predicted molar refractivity (Wildman–Crippen MR) is 126 cm³/mol. The standard InChI is InChI=1S/C27H31FN2O4/c28-19-11-14-24-22(16-19)26(29(20-12-13-20)15-5-10-25(31)32)21-8-4-9-23(21)30(24)27(33)34-17-18-6-2-1-3-7-18/h1-3,6-7,11,14,16,20-21,23,26H,4-5,8-10,12-13,15,17H2,(H,31,32)/t21-,23+,26-/m1/s1. The molecule has 2 aromatic rings. The molecule has 1 heterocycles. The van der Waals surface area contributed by atoms with Crippen LogP contribution in [0.15, 0.2) is 48.5 Å². The normalized spacial score (nSPS) is 23.5. The molecule has 1 amide bonds. The Bertz CT molecular complexity index is 1040. The van der Waals surface area contributed by atoms with Gasteiger partial charge in [0.2, 0.25) is 0 Å². The van der Waals surface area contributed by atoms with Crippen molar-refractivity contribution in [2.75, 3.05) is 11.4 Å².